The smallest absolute Gasteiger partial charge is 0.126 e. The van der Waals surface area contributed by atoms with Gasteiger partial charge in [-0.25, -0.2) is 4.39 Å². The highest BCUT2D eigenvalue weighted by molar-refractivity contribution is 6.30. The third-order valence-corrected chi connectivity index (χ3v) is 3.94. The average molecular weight is 306 g/mol. The SMILES string of the molecule is Fc1ccnc(CN2CCN(c3cccc(Cl)c3)CC2)c1. The molecule has 0 N–H and O–H groups in total. The molecule has 0 unspecified atom stereocenters. The highest BCUT2D eigenvalue weighted by atomic mass is 35.5. The van der Waals surface area contributed by atoms with Crippen LogP contribution in [0.2, 0.25) is 5.02 Å². The van der Waals surface area contributed by atoms with Gasteiger partial charge in [0, 0.05) is 49.6 Å². The van der Waals surface area contributed by atoms with Crippen LogP contribution in [0, 0.1) is 5.82 Å². The second kappa shape index (κ2) is 6.41. The minimum Gasteiger partial charge on any atom is -0.369 e. The lowest BCUT2D eigenvalue weighted by molar-refractivity contribution is 0.247. The normalized spacial score (nSPS) is 16.2. The van der Waals surface area contributed by atoms with Crippen molar-refractivity contribution in [2.45, 2.75) is 6.54 Å². The van der Waals surface area contributed by atoms with Crippen LogP contribution in [-0.4, -0.2) is 36.1 Å². The van der Waals surface area contributed by atoms with Gasteiger partial charge in [0.05, 0.1) is 5.69 Å². The lowest BCUT2D eigenvalue weighted by Gasteiger charge is -2.36. The van der Waals surface area contributed by atoms with Crippen molar-refractivity contribution in [2.75, 3.05) is 31.1 Å². The topological polar surface area (TPSA) is 19.4 Å². The molecule has 0 bridgehead atoms. The van der Waals surface area contributed by atoms with Gasteiger partial charge in [-0.05, 0) is 30.3 Å². The number of rotatable bonds is 3. The summed E-state index contributed by atoms with van der Waals surface area (Å²) in [4.78, 5) is 8.83. The van der Waals surface area contributed by atoms with Crippen molar-refractivity contribution >= 4 is 17.3 Å². The van der Waals surface area contributed by atoms with E-state index in [0.717, 1.165) is 42.6 Å². The zero-order valence-electron chi connectivity index (χ0n) is 11.7. The minimum absolute atomic E-state index is 0.224. The summed E-state index contributed by atoms with van der Waals surface area (Å²) in [5.41, 5.74) is 1.94. The molecule has 2 aromatic rings. The van der Waals surface area contributed by atoms with Gasteiger partial charge < -0.3 is 4.90 Å². The van der Waals surface area contributed by atoms with E-state index in [-0.39, 0.29) is 5.82 Å². The van der Waals surface area contributed by atoms with Crippen LogP contribution in [0.3, 0.4) is 0 Å². The Morgan fingerprint density at radius 1 is 1.10 bits per heavy atom. The van der Waals surface area contributed by atoms with E-state index in [4.69, 9.17) is 11.6 Å². The third kappa shape index (κ3) is 3.71. The quantitative estimate of drug-likeness (QED) is 0.868. The Morgan fingerprint density at radius 2 is 1.90 bits per heavy atom. The van der Waals surface area contributed by atoms with Crippen LogP contribution in [0.15, 0.2) is 42.6 Å². The maximum Gasteiger partial charge on any atom is 0.126 e. The molecule has 0 radical (unpaired) electrons. The number of nitrogens with zero attached hydrogens (tertiary/aromatic N) is 3. The molecular weight excluding hydrogens is 289 g/mol. The first-order chi connectivity index (χ1) is 10.2. The minimum atomic E-state index is -0.224. The van der Waals surface area contributed by atoms with Gasteiger partial charge >= 0.3 is 0 Å². The van der Waals surface area contributed by atoms with Crippen molar-refractivity contribution < 1.29 is 4.39 Å². The molecule has 5 heteroatoms. The zero-order valence-corrected chi connectivity index (χ0v) is 12.4. The Kier molecular flexibility index (Phi) is 4.36. The first-order valence-electron chi connectivity index (χ1n) is 7.04. The third-order valence-electron chi connectivity index (χ3n) is 3.71. The van der Waals surface area contributed by atoms with Gasteiger partial charge in [-0.3, -0.25) is 9.88 Å². The Morgan fingerprint density at radius 3 is 2.62 bits per heavy atom. The Labute approximate surface area is 129 Å². The molecule has 1 aliphatic rings. The van der Waals surface area contributed by atoms with Crippen molar-refractivity contribution in [3.05, 3.63) is 59.1 Å². The number of hydrogen-bond acceptors (Lipinski definition) is 3. The van der Waals surface area contributed by atoms with Crippen molar-refractivity contribution in [3.8, 4) is 0 Å². The molecule has 0 atom stereocenters. The molecule has 0 amide bonds. The van der Waals surface area contributed by atoms with Crippen molar-refractivity contribution in [2.24, 2.45) is 0 Å². The van der Waals surface area contributed by atoms with E-state index in [9.17, 15) is 4.39 Å². The van der Waals surface area contributed by atoms with Gasteiger partial charge in [0.15, 0.2) is 0 Å². The molecule has 1 saturated heterocycles. The molecule has 1 aromatic carbocycles. The van der Waals surface area contributed by atoms with Gasteiger partial charge in [0.2, 0.25) is 0 Å². The first kappa shape index (κ1) is 14.3. The van der Waals surface area contributed by atoms with Crippen LogP contribution in [0.4, 0.5) is 10.1 Å². The summed E-state index contributed by atoms with van der Waals surface area (Å²) >= 11 is 6.03. The zero-order chi connectivity index (χ0) is 14.7. The summed E-state index contributed by atoms with van der Waals surface area (Å²) in [6.07, 6.45) is 1.52. The molecule has 0 saturated carbocycles. The van der Waals surface area contributed by atoms with Gasteiger partial charge in [-0.2, -0.15) is 0 Å². The second-order valence-corrected chi connectivity index (χ2v) is 5.64. The fourth-order valence-corrected chi connectivity index (χ4v) is 2.79. The van der Waals surface area contributed by atoms with Crippen molar-refractivity contribution in [1.29, 1.82) is 0 Å². The standard InChI is InChI=1S/C16H17ClFN3/c17-13-2-1-3-16(10-13)21-8-6-20(7-9-21)12-15-11-14(18)4-5-19-15/h1-5,10-11H,6-9,12H2. The van der Waals surface area contributed by atoms with E-state index in [1.54, 1.807) is 0 Å². The molecule has 3 nitrogen and oxygen atoms in total. The van der Waals surface area contributed by atoms with Crippen LogP contribution < -0.4 is 4.90 Å². The lowest BCUT2D eigenvalue weighted by atomic mass is 10.2. The predicted molar refractivity (Wildman–Crippen MR) is 83.1 cm³/mol. The number of benzene rings is 1. The monoisotopic (exact) mass is 305 g/mol. The summed E-state index contributed by atoms with van der Waals surface area (Å²) in [6.45, 7) is 4.45. The van der Waals surface area contributed by atoms with Crippen LogP contribution in [0.5, 0.6) is 0 Å². The van der Waals surface area contributed by atoms with Gasteiger partial charge in [0.25, 0.3) is 0 Å². The van der Waals surface area contributed by atoms with E-state index < -0.39 is 0 Å². The number of anilines is 1. The molecule has 21 heavy (non-hydrogen) atoms. The predicted octanol–water partition coefficient (Wildman–Crippen LogP) is 3.20. The van der Waals surface area contributed by atoms with Gasteiger partial charge in [-0.15, -0.1) is 0 Å². The number of pyridine rings is 1. The van der Waals surface area contributed by atoms with Crippen LogP contribution in [0.1, 0.15) is 5.69 Å². The van der Waals surface area contributed by atoms with Gasteiger partial charge in [0.1, 0.15) is 5.82 Å². The van der Waals surface area contributed by atoms with E-state index in [1.807, 2.05) is 18.2 Å². The molecule has 0 spiro atoms. The highest BCUT2D eigenvalue weighted by Crippen LogP contribution is 2.21. The molecule has 3 rings (SSSR count). The highest BCUT2D eigenvalue weighted by Gasteiger charge is 2.17. The number of aromatic nitrogens is 1. The Hall–Kier alpha value is -1.65. The van der Waals surface area contributed by atoms with Crippen LogP contribution in [0.25, 0.3) is 0 Å². The van der Waals surface area contributed by atoms with Crippen molar-refractivity contribution in [1.82, 2.24) is 9.88 Å². The average Bonchev–Trinajstić information content (AvgIpc) is 2.48. The van der Waals surface area contributed by atoms with E-state index in [2.05, 4.69) is 20.9 Å². The fraction of sp³-hybridized carbons (Fsp3) is 0.312. The largest absolute Gasteiger partial charge is 0.369 e. The molecule has 2 heterocycles. The van der Waals surface area contributed by atoms with Crippen LogP contribution in [-0.2, 0) is 6.54 Å². The maximum absolute atomic E-state index is 13.2. The molecule has 0 aliphatic carbocycles. The fourth-order valence-electron chi connectivity index (χ4n) is 2.60. The number of hydrogen-bond donors (Lipinski definition) is 0. The number of halogens is 2. The van der Waals surface area contributed by atoms with E-state index in [0.29, 0.717) is 6.54 Å². The molecule has 1 fully saturated rings. The molecular formula is C16H17ClFN3. The number of piperazine rings is 1. The van der Waals surface area contributed by atoms with E-state index >= 15 is 0 Å². The summed E-state index contributed by atoms with van der Waals surface area (Å²) in [5, 5.41) is 0.763. The van der Waals surface area contributed by atoms with Crippen molar-refractivity contribution in [3.63, 3.8) is 0 Å². The second-order valence-electron chi connectivity index (χ2n) is 5.21. The Balaban J connectivity index is 1.58. The summed E-state index contributed by atoms with van der Waals surface area (Å²) < 4.78 is 13.2. The molecule has 1 aliphatic heterocycles. The summed E-state index contributed by atoms with van der Waals surface area (Å²) in [7, 11) is 0. The molecule has 110 valence electrons. The molecule has 1 aromatic heterocycles. The summed E-state index contributed by atoms with van der Waals surface area (Å²) in [6, 6.07) is 10.8. The van der Waals surface area contributed by atoms with E-state index in [1.165, 1.54) is 18.3 Å². The first-order valence-corrected chi connectivity index (χ1v) is 7.42. The van der Waals surface area contributed by atoms with Gasteiger partial charge in [-0.1, -0.05) is 17.7 Å². The Bertz CT molecular complexity index is 612. The van der Waals surface area contributed by atoms with Crippen LogP contribution >= 0.6 is 11.6 Å². The lowest BCUT2D eigenvalue weighted by Crippen LogP contribution is -2.46. The summed E-state index contributed by atoms with van der Waals surface area (Å²) in [5.74, 6) is -0.224. The maximum atomic E-state index is 13.2.